The first-order valence-corrected chi connectivity index (χ1v) is 16.6. The van der Waals surface area contributed by atoms with Crippen LogP contribution in [0.1, 0.15) is 81.5 Å². The van der Waals surface area contributed by atoms with Crippen LogP contribution in [0, 0.1) is 5.95 Å². The molecule has 0 spiro atoms. The van der Waals surface area contributed by atoms with Gasteiger partial charge in [-0.25, -0.2) is 19.4 Å². The normalized spacial score (nSPS) is 14.2. The van der Waals surface area contributed by atoms with Crippen molar-refractivity contribution < 1.29 is 62.5 Å². The molecular weight excluding hydrogens is 672 g/mol. The molecule has 1 aromatic rings. The van der Waals surface area contributed by atoms with E-state index in [-0.39, 0.29) is 55.8 Å². The molecule has 0 saturated carbocycles. The summed E-state index contributed by atoms with van der Waals surface area (Å²) in [6, 6.07) is -2.20. The number of carboxylic acids is 3. The van der Waals surface area contributed by atoms with Gasteiger partial charge in [0.1, 0.15) is 12.1 Å². The Labute approximate surface area is 274 Å². The van der Waals surface area contributed by atoms with Gasteiger partial charge in [-0.15, -0.1) is 0 Å². The van der Waals surface area contributed by atoms with E-state index in [1.165, 1.54) is 0 Å². The van der Waals surface area contributed by atoms with Crippen LogP contribution in [0.3, 0.4) is 0 Å². The maximum atomic E-state index is 13.1. The maximum absolute atomic E-state index is 13.1. The molecule has 1 rings (SSSR count). The van der Waals surface area contributed by atoms with Gasteiger partial charge in [-0.2, -0.15) is 4.39 Å². The Hall–Kier alpha value is -3.70. The zero-order chi connectivity index (χ0) is 35.6. The monoisotopic (exact) mass is 711 g/mol. The van der Waals surface area contributed by atoms with E-state index in [0.717, 1.165) is 12.3 Å². The average molecular weight is 712 g/mol. The summed E-state index contributed by atoms with van der Waals surface area (Å²) in [4.78, 5) is 83.2. The molecule has 1 aromatic heterocycles. The molecule has 0 fully saturated rings. The van der Waals surface area contributed by atoms with Crippen molar-refractivity contribution in [3.8, 4) is 0 Å². The van der Waals surface area contributed by atoms with Gasteiger partial charge in [0, 0.05) is 38.0 Å². The van der Waals surface area contributed by atoms with E-state index in [9.17, 15) is 47.7 Å². The molecule has 4 atom stereocenters. The number of rotatable bonds is 24. The fourth-order valence-electron chi connectivity index (χ4n) is 3.98. The summed E-state index contributed by atoms with van der Waals surface area (Å²) in [5.74, 6) is -6.49. The smallest absolute Gasteiger partial charge is 0.403 e. The van der Waals surface area contributed by atoms with E-state index in [2.05, 4.69) is 20.9 Å². The number of unbranched alkanes of at least 4 members (excludes halogenated alkanes) is 2. The summed E-state index contributed by atoms with van der Waals surface area (Å²) in [5, 5.41) is 36.5. The summed E-state index contributed by atoms with van der Waals surface area (Å²) >= 11 is 5.61. The van der Waals surface area contributed by atoms with Crippen molar-refractivity contribution in [2.75, 3.05) is 13.2 Å². The minimum absolute atomic E-state index is 0.0239. The predicted octanol–water partition coefficient (Wildman–Crippen LogP) is 1.82. The number of pyridine rings is 1. The summed E-state index contributed by atoms with van der Waals surface area (Å²) in [6.45, 7) is 1.63. The van der Waals surface area contributed by atoms with Crippen LogP contribution in [0.2, 0.25) is 5.02 Å². The van der Waals surface area contributed by atoms with Gasteiger partial charge >= 0.3 is 25.7 Å². The number of amides is 3. The zero-order valence-corrected chi connectivity index (χ0v) is 27.2. The van der Waals surface area contributed by atoms with Crippen molar-refractivity contribution in [1.82, 2.24) is 26.0 Å². The quantitative estimate of drug-likeness (QED) is 0.0432. The number of aromatic nitrogens is 1. The Balaban J connectivity index is 2.29. The molecule has 0 saturated heterocycles. The lowest BCUT2D eigenvalue weighted by Gasteiger charge is -2.19. The lowest BCUT2D eigenvalue weighted by Crippen LogP contribution is -2.42. The van der Waals surface area contributed by atoms with E-state index in [1.807, 2.05) is 5.09 Å². The van der Waals surface area contributed by atoms with Crippen LogP contribution in [0.15, 0.2) is 12.3 Å². The second kappa shape index (κ2) is 21.2. The first-order valence-electron chi connectivity index (χ1n) is 14.6. The number of nitrogens with one attached hydrogen (secondary N) is 4. The van der Waals surface area contributed by atoms with Crippen molar-refractivity contribution in [3.05, 3.63) is 28.8 Å². The molecule has 0 radical (unpaired) electrons. The third-order valence-corrected chi connectivity index (χ3v) is 7.87. The van der Waals surface area contributed by atoms with Crippen molar-refractivity contribution in [2.45, 2.75) is 89.3 Å². The van der Waals surface area contributed by atoms with Crippen molar-refractivity contribution >= 4 is 55.0 Å². The minimum Gasteiger partial charge on any atom is -0.481 e. The second-order valence-corrected chi connectivity index (χ2v) is 12.4. The number of halogens is 2. The highest BCUT2D eigenvalue weighted by Gasteiger charge is 2.29. The molecular formula is C27H40ClFN5O12P. The zero-order valence-electron chi connectivity index (χ0n) is 25.6. The Morgan fingerprint density at radius 1 is 0.915 bits per heavy atom. The van der Waals surface area contributed by atoms with Gasteiger partial charge < -0.3 is 36.2 Å². The molecule has 17 nitrogen and oxygen atoms in total. The number of hydrogen-bond acceptors (Lipinski definition) is 9. The molecule has 8 N–H and O–H groups in total. The molecule has 3 amide bonds. The van der Waals surface area contributed by atoms with Crippen LogP contribution in [0.4, 0.5) is 4.39 Å². The van der Waals surface area contributed by atoms with E-state index < -0.39 is 80.3 Å². The Morgan fingerprint density at radius 2 is 1.55 bits per heavy atom. The molecule has 20 heteroatoms. The van der Waals surface area contributed by atoms with Crippen LogP contribution < -0.4 is 21.0 Å². The molecule has 0 bridgehead atoms. The van der Waals surface area contributed by atoms with Crippen molar-refractivity contribution in [1.29, 1.82) is 0 Å². The highest BCUT2D eigenvalue weighted by molar-refractivity contribution is 7.50. The number of aliphatic carboxylic acids is 3. The van der Waals surface area contributed by atoms with E-state index >= 15 is 0 Å². The largest absolute Gasteiger partial charge is 0.481 e. The van der Waals surface area contributed by atoms with Gasteiger partial charge in [0.25, 0.3) is 5.91 Å². The van der Waals surface area contributed by atoms with E-state index in [4.69, 9.17) is 26.3 Å². The summed E-state index contributed by atoms with van der Waals surface area (Å²) in [6.07, 6.45) is 1.65. The third kappa shape index (κ3) is 18.3. The molecule has 1 heterocycles. The van der Waals surface area contributed by atoms with Crippen molar-refractivity contribution in [3.63, 3.8) is 0 Å². The number of carbonyl (C=O) groups excluding carboxylic acids is 3. The molecule has 47 heavy (non-hydrogen) atoms. The number of nitrogens with zero attached hydrogens (tertiary/aromatic N) is 1. The fraction of sp³-hybridized carbons (Fsp3) is 0.593. The van der Waals surface area contributed by atoms with E-state index in [1.54, 1.807) is 6.92 Å². The third-order valence-electron chi connectivity index (χ3n) is 6.44. The first kappa shape index (κ1) is 41.3. The standard InChI is InChI=1S/C27H40ClFN5O12P/c1-16(6-5-13-46-47(44,45)34-20(27(42)43)9-11-23(37)38)32-22(36)10-8-19(26(40)41)33-21(35)7-3-2-4-12-30-25(39)17-14-18(28)24(29)31-15-17/h14-16,19-20H,2-13H2,1H3,(H,30,39)(H,32,36)(H,33,35)(H,37,38)(H,40,41)(H,42,43)(H2,34,44,45)/t16-,19+,20+/m1/s1. The van der Waals surface area contributed by atoms with Gasteiger partial charge in [0.15, 0.2) is 0 Å². The summed E-state index contributed by atoms with van der Waals surface area (Å²) in [5.41, 5.74) is 0.0967. The summed E-state index contributed by atoms with van der Waals surface area (Å²) < 4.78 is 30.0. The van der Waals surface area contributed by atoms with Gasteiger partial charge in [-0.3, -0.25) is 28.5 Å². The maximum Gasteiger partial charge on any atom is 0.403 e. The number of carbonyl (C=O) groups is 6. The number of carboxylic acid groups (broad SMARTS) is 3. The summed E-state index contributed by atoms with van der Waals surface area (Å²) in [7, 11) is -4.55. The van der Waals surface area contributed by atoms with Gasteiger partial charge in [0.05, 0.1) is 17.2 Å². The van der Waals surface area contributed by atoms with Crippen molar-refractivity contribution in [2.24, 2.45) is 0 Å². The lowest BCUT2D eigenvalue weighted by atomic mass is 10.1. The predicted molar refractivity (Wildman–Crippen MR) is 163 cm³/mol. The van der Waals surface area contributed by atoms with Crippen LogP contribution in [-0.2, 0) is 33.1 Å². The first-order chi connectivity index (χ1) is 22.0. The van der Waals surface area contributed by atoms with Gasteiger partial charge in [-0.1, -0.05) is 18.0 Å². The average Bonchev–Trinajstić information content (AvgIpc) is 2.98. The number of hydrogen-bond donors (Lipinski definition) is 8. The van der Waals surface area contributed by atoms with Crippen LogP contribution in [0.5, 0.6) is 0 Å². The molecule has 1 unspecified atom stereocenters. The fourth-order valence-corrected chi connectivity index (χ4v) is 5.23. The Kier molecular flexibility index (Phi) is 18.7. The van der Waals surface area contributed by atoms with Crippen LogP contribution in [0.25, 0.3) is 0 Å². The van der Waals surface area contributed by atoms with Crippen LogP contribution in [-0.4, -0.2) is 92.1 Å². The molecule has 0 aliphatic heterocycles. The highest BCUT2D eigenvalue weighted by atomic mass is 35.5. The highest BCUT2D eigenvalue weighted by Crippen LogP contribution is 2.38. The topological polar surface area (TPSA) is 271 Å². The Morgan fingerprint density at radius 3 is 2.17 bits per heavy atom. The van der Waals surface area contributed by atoms with E-state index in [0.29, 0.717) is 19.3 Å². The lowest BCUT2D eigenvalue weighted by molar-refractivity contribution is -0.142. The molecule has 0 aromatic carbocycles. The van der Waals surface area contributed by atoms with Gasteiger partial charge in [0.2, 0.25) is 17.8 Å². The SMILES string of the molecule is C[C@H](CCCOP(=O)(O)N[C@@H](CCC(=O)O)C(=O)O)NC(=O)CC[C@H](NC(=O)CCCCCNC(=O)c1cnc(F)c(Cl)c1)C(=O)O. The van der Waals surface area contributed by atoms with Gasteiger partial charge in [-0.05, 0) is 51.5 Å². The second-order valence-electron chi connectivity index (χ2n) is 10.5. The molecule has 0 aliphatic rings. The Bertz CT molecular complexity index is 1310. The van der Waals surface area contributed by atoms with Crippen LogP contribution >= 0.6 is 19.3 Å². The minimum atomic E-state index is -4.55. The molecule has 0 aliphatic carbocycles. The molecule has 264 valence electrons.